The zero-order valence-corrected chi connectivity index (χ0v) is 20.3. The van der Waals surface area contributed by atoms with E-state index in [0.717, 1.165) is 55.4 Å². The molecule has 3 aliphatic heterocycles. The minimum Gasteiger partial charge on any atom is -0.332 e. The highest BCUT2D eigenvalue weighted by Gasteiger charge is 2.51. The SMILES string of the molecule is CC[C@@]12C=C(c3nc(C)no3)n3c4c(c5cc(S(=O)(=O)N(C)C)ccc53)CCN(CCC1)[C@H]42. The maximum atomic E-state index is 12.9. The molecule has 0 unspecified atom stereocenters. The number of piperidine rings is 1. The van der Waals surface area contributed by atoms with E-state index in [4.69, 9.17) is 4.52 Å². The molecule has 0 radical (unpaired) electrons. The van der Waals surface area contributed by atoms with Crippen molar-refractivity contribution in [2.24, 2.45) is 5.41 Å². The molecule has 2 atom stereocenters. The summed E-state index contributed by atoms with van der Waals surface area (Å²) in [5, 5.41) is 5.07. The number of hydrogen-bond acceptors (Lipinski definition) is 6. The van der Waals surface area contributed by atoms with Gasteiger partial charge in [-0.3, -0.25) is 4.90 Å². The van der Waals surface area contributed by atoms with Crippen LogP contribution in [-0.4, -0.2) is 59.5 Å². The zero-order chi connectivity index (χ0) is 23.1. The normalized spacial score (nSPS) is 24.9. The molecule has 174 valence electrons. The van der Waals surface area contributed by atoms with Crippen molar-refractivity contribution in [3.8, 4) is 0 Å². The van der Waals surface area contributed by atoms with Crippen molar-refractivity contribution in [2.75, 3.05) is 27.2 Å². The molecule has 9 heteroatoms. The van der Waals surface area contributed by atoms with E-state index in [1.807, 2.05) is 19.1 Å². The van der Waals surface area contributed by atoms with Crippen molar-refractivity contribution in [2.45, 2.75) is 50.5 Å². The summed E-state index contributed by atoms with van der Waals surface area (Å²) in [5.41, 5.74) is 4.44. The average Bonchev–Trinajstić information content (AvgIpc) is 3.39. The van der Waals surface area contributed by atoms with Crippen LogP contribution in [0.1, 0.15) is 55.2 Å². The molecule has 0 N–H and O–H groups in total. The van der Waals surface area contributed by atoms with Crippen LogP contribution in [0.2, 0.25) is 0 Å². The molecule has 5 heterocycles. The van der Waals surface area contributed by atoms with Gasteiger partial charge in [-0.1, -0.05) is 12.1 Å². The van der Waals surface area contributed by atoms with Gasteiger partial charge in [0.1, 0.15) is 5.70 Å². The molecule has 2 aromatic heterocycles. The van der Waals surface area contributed by atoms with Crippen molar-refractivity contribution >= 4 is 26.6 Å². The van der Waals surface area contributed by atoms with E-state index in [1.54, 1.807) is 20.2 Å². The van der Waals surface area contributed by atoms with Crippen LogP contribution < -0.4 is 0 Å². The maximum absolute atomic E-state index is 12.9. The van der Waals surface area contributed by atoms with Gasteiger partial charge >= 0.3 is 0 Å². The van der Waals surface area contributed by atoms with Crippen LogP contribution >= 0.6 is 0 Å². The fraction of sp³-hybridized carbons (Fsp3) is 0.500. The van der Waals surface area contributed by atoms with Gasteiger partial charge in [0.25, 0.3) is 5.89 Å². The number of aryl methyl sites for hydroxylation is 1. The van der Waals surface area contributed by atoms with Crippen LogP contribution in [0.4, 0.5) is 0 Å². The van der Waals surface area contributed by atoms with E-state index in [-0.39, 0.29) is 11.5 Å². The molecule has 1 aromatic carbocycles. The highest BCUT2D eigenvalue weighted by Crippen LogP contribution is 2.57. The predicted octanol–water partition coefficient (Wildman–Crippen LogP) is 3.58. The third-order valence-electron chi connectivity index (χ3n) is 7.84. The molecule has 0 bridgehead atoms. The molecule has 0 amide bonds. The molecule has 0 spiro atoms. The van der Waals surface area contributed by atoms with E-state index in [0.29, 0.717) is 16.6 Å². The van der Waals surface area contributed by atoms with Gasteiger partial charge in [0.05, 0.1) is 16.5 Å². The third kappa shape index (κ3) is 2.79. The molecular formula is C24H29N5O3S. The molecule has 0 saturated carbocycles. The van der Waals surface area contributed by atoms with Crippen LogP contribution in [0, 0.1) is 12.3 Å². The Morgan fingerprint density at radius 1 is 1.27 bits per heavy atom. The van der Waals surface area contributed by atoms with E-state index in [9.17, 15) is 8.42 Å². The number of rotatable bonds is 4. The second-order valence-electron chi connectivity index (χ2n) is 9.72. The summed E-state index contributed by atoms with van der Waals surface area (Å²) in [6.45, 7) is 6.19. The Morgan fingerprint density at radius 2 is 2.09 bits per heavy atom. The molecule has 6 rings (SSSR count). The van der Waals surface area contributed by atoms with Gasteiger partial charge < -0.3 is 9.09 Å². The summed E-state index contributed by atoms with van der Waals surface area (Å²) in [5.74, 6) is 1.12. The van der Waals surface area contributed by atoms with E-state index >= 15 is 0 Å². The van der Waals surface area contributed by atoms with Crippen LogP contribution in [0.5, 0.6) is 0 Å². The third-order valence-corrected chi connectivity index (χ3v) is 9.65. The summed E-state index contributed by atoms with van der Waals surface area (Å²) in [6, 6.07) is 5.78. The molecule has 8 nitrogen and oxygen atoms in total. The molecular weight excluding hydrogens is 438 g/mol. The zero-order valence-electron chi connectivity index (χ0n) is 19.5. The van der Waals surface area contributed by atoms with E-state index in [1.165, 1.54) is 15.6 Å². The summed E-state index contributed by atoms with van der Waals surface area (Å²) in [6.07, 6.45) is 6.56. The van der Waals surface area contributed by atoms with Gasteiger partial charge in [-0.05, 0) is 69.0 Å². The number of sulfonamides is 1. The first kappa shape index (κ1) is 21.1. The fourth-order valence-corrected chi connectivity index (χ4v) is 7.16. The smallest absolute Gasteiger partial charge is 0.274 e. The monoisotopic (exact) mass is 467 g/mol. The predicted molar refractivity (Wildman–Crippen MR) is 125 cm³/mol. The first-order valence-corrected chi connectivity index (χ1v) is 13.1. The maximum Gasteiger partial charge on any atom is 0.274 e. The van der Waals surface area contributed by atoms with Crippen molar-refractivity contribution in [1.29, 1.82) is 0 Å². The Kier molecular flexibility index (Phi) is 4.47. The molecule has 3 aromatic rings. The number of hydrogen-bond donors (Lipinski definition) is 0. The van der Waals surface area contributed by atoms with Crippen molar-refractivity contribution in [1.82, 2.24) is 23.9 Å². The summed E-state index contributed by atoms with van der Waals surface area (Å²) < 4.78 is 35.0. The lowest BCUT2D eigenvalue weighted by atomic mass is 9.66. The van der Waals surface area contributed by atoms with Gasteiger partial charge in [-0.15, -0.1) is 0 Å². The second-order valence-corrected chi connectivity index (χ2v) is 11.9. The van der Waals surface area contributed by atoms with Gasteiger partial charge in [0.2, 0.25) is 10.0 Å². The van der Waals surface area contributed by atoms with Gasteiger partial charge in [0.15, 0.2) is 5.82 Å². The Bertz CT molecular complexity index is 1420. The summed E-state index contributed by atoms with van der Waals surface area (Å²) in [7, 11) is -0.382. The Labute approximate surface area is 193 Å². The molecule has 33 heavy (non-hydrogen) atoms. The van der Waals surface area contributed by atoms with Crippen LogP contribution in [0.3, 0.4) is 0 Å². The fourth-order valence-electron chi connectivity index (χ4n) is 6.24. The van der Waals surface area contributed by atoms with Gasteiger partial charge in [-0.25, -0.2) is 12.7 Å². The van der Waals surface area contributed by atoms with Crippen LogP contribution in [-0.2, 0) is 16.4 Å². The number of benzene rings is 1. The minimum absolute atomic E-state index is 0.00591. The largest absolute Gasteiger partial charge is 0.332 e. The highest BCUT2D eigenvalue weighted by molar-refractivity contribution is 7.89. The van der Waals surface area contributed by atoms with E-state index < -0.39 is 10.0 Å². The Balaban J connectivity index is 1.69. The highest BCUT2D eigenvalue weighted by atomic mass is 32.2. The standard InChI is InChI=1S/C24H29N5O3S/c1-5-24-10-6-11-28-12-9-17-18-13-16(33(30,31)27(3)4)7-8-19(18)29(21(17)22(24)28)20(14-24)23-25-15(2)26-32-23/h7-8,13-14,22H,5-6,9-12H2,1-4H3/t22-,24+/m1/s1. The first-order chi connectivity index (χ1) is 15.8. The Morgan fingerprint density at radius 3 is 2.79 bits per heavy atom. The molecule has 0 aliphatic carbocycles. The van der Waals surface area contributed by atoms with Crippen molar-refractivity contribution in [3.05, 3.63) is 47.2 Å². The van der Waals surface area contributed by atoms with Crippen molar-refractivity contribution < 1.29 is 12.9 Å². The lowest BCUT2D eigenvalue weighted by Gasteiger charge is -2.53. The lowest BCUT2D eigenvalue weighted by molar-refractivity contribution is 0.0269. The van der Waals surface area contributed by atoms with Crippen LogP contribution in [0.15, 0.2) is 33.7 Å². The molecule has 1 saturated heterocycles. The van der Waals surface area contributed by atoms with Gasteiger partial charge in [-0.2, -0.15) is 4.98 Å². The van der Waals surface area contributed by atoms with E-state index in [2.05, 4.69) is 32.6 Å². The second kappa shape index (κ2) is 7.01. The quantitative estimate of drug-likeness (QED) is 0.583. The van der Waals surface area contributed by atoms with Crippen LogP contribution in [0.25, 0.3) is 16.6 Å². The number of fused-ring (bicyclic) bond motifs is 3. The number of aromatic nitrogens is 3. The number of nitrogens with zero attached hydrogens (tertiary/aromatic N) is 5. The van der Waals surface area contributed by atoms with Crippen molar-refractivity contribution in [3.63, 3.8) is 0 Å². The summed E-state index contributed by atoms with van der Waals surface area (Å²) >= 11 is 0. The molecule has 1 fully saturated rings. The Hall–Kier alpha value is -2.49. The average molecular weight is 468 g/mol. The minimum atomic E-state index is -3.53. The molecule has 3 aliphatic rings. The topological polar surface area (TPSA) is 84.5 Å². The first-order valence-electron chi connectivity index (χ1n) is 11.6. The van der Waals surface area contributed by atoms with Gasteiger partial charge in [0, 0.05) is 37.1 Å². The summed E-state index contributed by atoms with van der Waals surface area (Å²) in [4.78, 5) is 7.53. The lowest BCUT2D eigenvalue weighted by Crippen LogP contribution is -2.50.